The Labute approximate surface area is 110 Å². The quantitative estimate of drug-likeness (QED) is 0.780. The highest BCUT2D eigenvalue weighted by Gasteiger charge is 2.22. The van der Waals surface area contributed by atoms with Gasteiger partial charge in [0.15, 0.2) is 0 Å². The molecule has 19 heavy (non-hydrogen) atoms. The van der Waals surface area contributed by atoms with Crippen molar-refractivity contribution in [2.75, 3.05) is 0 Å². The van der Waals surface area contributed by atoms with Crippen molar-refractivity contribution in [3.63, 3.8) is 0 Å². The van der Waals surface area contributed by atoms with Crippen LogP contribution in [0, 0.1) is 0 Å². The largest absolute Gasteiger partial charge is 0.480 e. The second-order valence-electron chi connectivity index (χ2n) is 5.25. The molecule has 5 heteroatoms. The van der Waals surface area contributed by atoms with Crippen LogP contribution in [0.25, 0.3) is 11.0 Å². The highest BCUT2D eigenvalue weighted by atomic mass is 16.4. The number of carboxylic acid groups (broad SMARTS) is 1. The van der Waals surface area contributed by atoms with Crippen molar-refractivity contribution in [2.45, 2.75) is 37.6 Å². The van der Waals surface area contributed by atoms with Gasteiger partial charge in [-0.3, -0.25) is 4.79 Å². The summed E-state index contributed by atoms with van der Waals surface area (Å²) in [6, 6.07) is 4.92. The predicted molar refractivity (Wildman–Crippen MR) is 72.0 cm³/mol. The molecule has 1 aromatic heterocycles. The molecule has 0 radical (unpaired) electrons. The van der Waals surface area contributed by atoms with Crippen molar-refractivity contribution < 1.29 is 9.90 Å². The predicted octanol–water partition coefficient (Wildman–Crippen LogP) is 1.78. The third kappa shape index (κ3) is 2.33. The fourth-order valence-corrected chi connectivity index (χ4v) is 2.42. The second-order valence-corrected chi connectivity index (χ2v) is 5.25. The summed E-state index contributed by atoms with van der Waals surface area (Å²) in [4.78, 5) is 18.7. The minimum Gasteiger partial charge on any atom is -0.480 e. The molecule has 0 bridgehead atoms. The molecule has 2 aromatic rings. The minimum absolute atomic E-state index is 0.336. The van der Waals surface area contributed by atoms with Crippen LogP contribution in [0.2, 0.25) is 0 Å². The van der Waals surface area contributed by atoms with E-state index in [1.807, 2.05) is 18.2 Å². The second kappa shape index (κ2) is 4.66. The molecule has 0 aliphatic heterocycles. The molecule has 3 rings (SSSR count). The molecule has 0 spiro atoms. The monoisotopic (exact) mass is 259 g/mol. The Balaban J connectivity index is 1.85. The lowest BCUT2D eigenvalue weighted by molar-refractivity contribution is -0.138. The van der Waals surface area contributed by atoms with E-state index in [-0.39, 0.29) is 0 Å². The van der Waals surface area contributed by atoms with Gasteiger partial charge in [0.2, 0.25) is 0 Å². The first kappa shape index (κ1) is 12.2. The van der Waals surface area contributed by atoms with E-state index in [0.717, 1.165) is 22.4 Å². The summed E-state index contributed by atoms with van der Waals surface area (Å²) < 4.78 is 0. The molecule has 1 unspecified atom stereocenters. The maximum atomic E-state index is 10.8. The lowest BCUT2D eigenvalue weighted by Gasteiger charge is -2.22. The number of fused-ring (bicyclic) bond motifs is 1. The van der Waals surface area contributed by atoms with Gasteiger partial charge in [0, 0.05) is 5.92 Å². The topological polar surface area (TPSA) is 92.0 Å². The van der Waals surface area contributed by atoms with Crippen LogP contribution in [0.1, 0.15) is 36.6 Å². The number of nitrogens with two attached hydrogens (primary N) is 1. The molecule has 100 valence electrons. The van der Waals surface area contributed by atoms with Crippen LogP contribution in [0.15, 0.2) is 18.2 Å². The third-order valence-electron chi connectivity index (χ3n) is 3.83. The fraction of sp³-hybridized carbons (Fsp3) is 0.429. The third-order valence-corrected chi connectivity index (χ3v) is 3.83. The van der Waals surface area contributed by atoms with Crippen LogP contribution < -0.4 is 5.73 Å². The maximum absolute atomic E-state index is 10.8. The van der Waals surface area contributed by atoms with E-state index in [0.29, 0.717) is 12.3 Å². The average Bonchev–Trinajstić information content (AvgIpc) is 2.68. The van der Waals surface area contributed by atoms with Gasteiger partial charge in [-0.15, -0.1) is 0 Å². The molecule has 1 aliphatic carbocycles. The normalized spacial score (nSPS) is 17.3. The molecule has 5 nitrogen and oxygen atoms in total. The smallest absolute Gasteiger partial charge is 0.320 e. The van der Waals surface area contributed by atoms with Gasteiger partial charge in [0.25, 0.3) is 0 Å². The number of hydrogen-bond donors (Lipinski definition) is 3. The number of benzene rings is 1. The Bertz CT molecular complexity index is 616. The SMILES string of the molecule is NC(Cc1ccc2nc(C3CCC3)[nH]c2c1)C(=O)O. The van der Waals surface area contributed by atoms with E-state index in [2.05, 4.69) is 9.97 Å². The van der Waals surface area contributed by atoms with Crippen molar-refractivity contribution >= 4 is 17.0 Å². The number of imidazole rings is 1. The Morgan fingerprint density at radius 2 is 2.32 bits per heavy atom. The Morgan fingerprint density at radius 1 is 1.53 bits per heavy atom. The average molecular weight is 259 g/mol. The van der Waals surface area contributed by atoms with Gasteiger partial charge in [-0.1, -0.05) is 12.5 Å². The lowest BCUT2D eigenvalue weighted by atomic mass is 9.85. The summed E-state index contributed by atoms with van der Waals surface area (Å²) >= 11 is 0. The van der Waals surface area contributed by atoms with Gasteiger partial charge in [0.05, 0.1) is 11.0 Å². The van der Waals surface area contributed by atoms with Gasteiger partial charge in [-0.25, -0.2) is 4.98 Å². The molecule has 0 saturated heterocycles. The van der Waals surface area contributed by atoms with Gasteiger partial charge >= 0.3 is 5.97 Å². The van der Waals surface area contributed by atoms with E-state index in [9.17, 15) is 4.79 Å². The Morgan fingerprint density at radius 3 is 2.95 bits per heavy atom. The summed E-state index contributed by atoms with van der Waals surface area (Å²) in [7, 11) is 0. The van der Waals surface area contributed by atoms with Gasteiger partial charge in [-0.05, 0) is 37.0 Å². The van der Waals surface area contributed by atoms with Crippen LogP contribution in [-0.4, -0.2) is 27.1 Å². The van der Waals surface area contributed by atoms with Crippen LogP contribution in [0.3, 0.4) is 0 Å². The number of carboxylic acids is 1. The van der Waals surface area contributed by atoms with E-state index < -0.39 is 12.0 Å². The number of aromatic nitrogens is 2. The number of H-pyrrole nitrogens is 1. The molecule has 1 aromatic carbocycles. The van der Waals surface area contributed by atoms with E-state index in [4.69, 9.17) is 10.8 Å². The summed E-state index contributed by atoms with van der Waals surface area (Å²) in [5.41, 5.74) is 8.38. The van der Waals surface area contributed by atoms with Gasteiger partial charge < -0.3 is 15.8 Å². The number of aliphatic carboxylic acids is 1. The van der Waals surface area contributed by atoms with Gasteiger partial charge in [0.1, 0.15) is 11.9 Å². The van der Waals surface area contributed by atoms with E-state index >= 15 is 0 Å². The standard InChI is InChI=1S/C14H17N3O2/c15-10(14(18)19)6-8-4-5-11-12(7-8)17-13(16-11)9-2-1-3-9/h4-5,7,9-10H,1-3,6,15H2,(H,16,17)(H,18,19). The molecule has 1 saturated carbocycles. The number of rotatable bonds is 4. The first-order valence-electron chi connectivity index (χ1n) is 6.60. The summed E-state index contributed by atoms with van der Waals surface area (Å²) in [6.45, 7) is 0. The fourth-order valence-electron chi connectivity index (χ4n) is 2.42. The molecule has 0 amide bonds. The van der Waals surface area contributed by atoms with E-state index in [1.54, 1.807) is 0 Å². The molecule has 1 atom stereocenters. The first-order chi connectivity index (χ1) is 9.13. The molecule has 1 heterocycles. The molecule has 4 N–H and O–H groups in total. The van der Waals surface area contributed by atoms with Crippen LogP contribution in [0.4, 0.5) is 0 Å². The van der Waals surface area contributed by atoms with E-state index in [1.165, 1.54) is 19.3 Å². The number of nitrogens with zero attached hydrogens (tertiary/aromatic N) is 1. The lowest BCUT2D eigenvalue weighted by Crippen LogP contribution is -2.32. The molecule has 1 aliphatic rings. The zero-order chi connectivity index (χ0) is 13.4. The Kier molecular flexibility index (Phi) is 2.98. The van der Waals surface area contributed by atoms with Crippen molar-refractivity contribution in [2.24, 2.45) is 5.73 Å². The molecular weight excluding hydrogens is 242 g/mol. The number of carbonyl (C=O) groups is 1. The Hall–Kier alpha value is -1.88. The van der Waals surface area contributed by atoms with Gasteiger partial charge in [-0.2, -0.15) is 0 Å². The number of aromatic amines is 1. The molecule has 1 fully saturated rings. The maximum Gasteiger partial charge on any atom is 0.320 e. The van der Waals surface area contributed by atoms with Crippen molar-refractivity contribution in [1.29, 1.82) is 0 Å². The van der Waals surface area contributed by atoms with Crippen molar-refractivity contribution in [3.8, 4) is 0 Å². The number of nitrogens with one attached hydrogen (secondary N) is 1. The highest BCUT2D eigenvalue weighted by molar-refractivity contribution is 5.77. The zero-order valence-corrected chi connectivity index (χ0v) is 10.6. The first-order valence-corrected chi connectivity index (χ1v) is 6.60. The summed E-state index contributed by atoms with van der Waals surface area (Å²) in [5.74, 6) is 0.651. The summed E-state index contributed by atoms with van der Waals surface area (Å²) in [5, 5.41) is 8.83. The van der Waals surface area contributed by atoms with Crippen LogP contribution in [0.5, 0.6) is 0 Å². The highest BCUT2D eigenvalue weighted by Crippen LogP contribution is 2.35. The number of hydrogen-bond acceptors (Lipinski definition) is 3. The minimum atomic E-state index is -0.972. The molecular formula is C14H17N3O2. The van der Waals surface area contributed by atoms with Crippen LogP contribution in [-0.2, 0) is 11.2 Å². The van der Waals surface area contributed by atoms with Crippen molar-refractivity contribution in [1.82, 2.24) is 9.97 Å². The van der Waals surface area contributed by atoms with Crippen LogP contribution >= 0.6 is 0 Å². The van der Waals surface area contributed by atoms with Crippen molar-refractivity contribution in [3.05, 3.63) is 29.6 Å². The zero-order valence-electron chi connectivity index (χ0n) is 10.6. The summed E-state index contributed by atoms with van der Waals surface area (Å²) in [6.07, 6.45) is 4.02.